The quantitative estimate of drug-likeness (QED) is 0.715. The van der Waals surface area contributed by atoms with Gasteiger partial charge in [0.15, 0.2) is 0 Å². The molecule has 0 aliphatic heterocycles. The fourth-order valence-corrected chi connectivity index (χ4v) is 2.79. The molecule has 3 rings (SSSR count). The molecule has 6 nitrogen and oxygen atoms in total. The van der Waals surface area contributed by atoms with Gasteiger partial charge in [-0.25, -0.2) is 4.98 Å². The molecule has 0 saturated carbocycles. The zero-order chi connectivity index (χ0) is 17.8. The van der Waals surface area contributed by atoms with E-state index in [0.29, 0.717) is 6.54 Å². The van der Waals surface area contributed by atoms with Gasteiger partial charge in [0.2, 0.25) is 0 Å². The average molecular weight is 341 g/mol. The number of methoxy groups -OCH3 is 2. The van der Waals surface area contributed by atoms with E-state index in [9.17, 15) is 0 Å². The minimum atomic E-state index is -0.130. The highest BCUT2D eigenvalue weighted by molar-refractivity contribution is 5.41. The Morgan fingerprint density at radius 1 is 1.16 bits per heavy atom. The molecule has 1 unspecified atom stereocenters. The molecule has 0 amide bonds. The van der Waals surface area contributed by atoms with Gasteiger partial charge < -0.3 is 18.5 Å². The summed E-state index contributed by atoms with van der Waals surface area (Å²) in [5.74, 6) is 4.16. The zero-order valence-electron chi connectivity index (χ0n) is 14.9. The van der Waals surface area contributed by atoms with Crippen molar-refractivity contribution >= 4 is 0 Å². The first-order valence-electron chi connectivity index (χ1n) is 8.09. The van der Waals surface area contributed by atoms with Crippen LogP contribution in [0, 0.1) is 6.92 Å². The predicted molar refractivity (Wildman–Crippen MR) is 94.9 cm³/mol. The molecular formula is C19H23N3O3. The van der Waals surface area contributed by atoms with Crippen LogP contribution in [0.15, 0.2) is 47.1 Å². The topological polar surface area (TPSA) is 61.5 Å². The number of imidazole rings is 1. The van der Waals surface area contributed by atoms with Gasteiger partial charge in [0, 0.05) is 25.5 Å². The van der Waals surface area contributed by atoms with Crippen LogP contribution >= 0.6 is 0 Å². The smallest absolute Gasteiger partial charge is 0.130 e. The number of aryl methyl sites for hydroxylation is 2. The van der Waals surface area contributed by atoms with Crippen LogP contribution in [0.4, 0.5) is 0 Å². The Balaban J connectivity index is 1.95. The van der Waals surface area contributed by atoms with Gasteiger partial charge in [0.25, 0.3) is 0 Å². The molecular weight excluding hydrogens is 318 g/mol. The van der Waals surface area contributed by atoms with E-state index in [1.807, 2.05) is 55.1 Å². The third-order valence-electron chi connectivity index (χ3n) is 4.10. The molecule has 1 aromatic carbocycles. The Morgan fingerprint density at radius 2 is 1.88 bits per heavy atom. The number of nitrogens with one attached hydrogen (secondary N) is 1. The molecule has 1 atom stereocenters. The minimum Gasteiger partial charge on any atom is -0.497 e. The summed E-state index contributed by atoms with van der Waals surface area (Å²) in [6, 6.07) is 9.64. The number of ether oxygens (including phenoxy) is 2. The molecule has 0 saturated heterocycles. The van der Waals surface area contributed by atoms with E-state index in [1.54, 1.807) is 20.4 Å². The molecule has 2 aromatic heterocycles. The summed E-state index contributed by atoms with van der Waals surface area (Å²) in [6.07, 6.45) is 3.72. The van der Waals surface area contributed by atoms with Crippen LogP contribution in [-0.2, 0) is 13.6 Å². The van der Waals surface area contributed by atoms with Crippen LogP contribution in [0.5, 0.6) is 11.5 Å². The molecule has 0 spiro atoms. The summed E-state index contributed by atoms with van der Waals surface area (Å²) in [4.78, 5) is 4.51. The third kappa shape index (κ3) is 3.85. The highest BCUT2D eigenvalue weighted by atomic mass is 16.5. The van der Waals surface area contributed by atoms with E-state index >= 15 is 0 Å². The van der Waals surface area contributed by atoms with Gasteiger partial charge in [0.1, 0.15) is 28.8 Å². The molecule has 3 aromatic rings. The van der Waals surface area contributed by atoms with Gasteiger partial charge in [-0.3, -0.25) is 5.32 Å². The number of hydrogen-bond donors (Lipinski definition) is 1. The van der Waals surface area contributed by atoms with Crippen molar-refractivity contribution in [3.63, 3.8) is 0 Å². The maximum atomic E-state index is 5.67. The Morgan fingerprint density at radius 3 is 2.40 bits per heavy atom. The monoisotopic (exact) mass is 341 g/mol. The summed E-state index contributed by atoms with van der Waals surface area (Å²) in [6.45, 7) is 2.53. The summed E-state index contributed by atoms with van der Waals surface area (Å²) in [5, 5.41) is 3.52. The van der Waals surface area contributed by atoms with Gasteiger partial charge in [-0.15, -0.1) is 0 Å². The average Bonchev–Trinajstić information content (AvgIpc) is 3.23. The second kappa shape index (κ2) is 7.44. The largest absolute Gasteiger partial charge is 0.497 e. The molecule has 1 N–H and O–H groups in total. The Labute approximate surface area is 147 Å². The first kappa shape index (κ1) is 17.1. The van der Waals surface area contributed by atoms with Crippen LogP contribution in [0.3, 0.4) is 0 Å². The second-order valence-corrected chi connectivity index (χ2v) is 5.87. The van der Waals surface area contributed by atoms with Crippen LogP contribution in [0.1, 0.15) is 29.0 Å². The van der Waals surface area contributed by atoms with Crippen molar-refractivity contribution in [3.8, 4) is 11.5 Å². The van der Waals surface area contributed by atoms with Crippen molar-refractivity contribution < 1.29 is 13.9 Å². The van der Waals surface area contributed by atoms with E-state index in [2.05, 4.69) is 10.3 Å². The maximum absolute atomic E-state index is 5.67. The summed E-state index contributed by atoms with van der Waals surface area (Å²) in [7, 11) is 5.27. The fourth-order valence-electron chi connectivity index (χ4n) is 2.79. The van der Waals surface area contributed by atoms with Gasteiger partial charge in [-0.1, -0.05) is 0 Å². The highest BCUT2D eigenvalue weighted by Gasteiger charge is 2.20. The van der Waals surface area contributed by atoms with E-state index in [1.165, 1.54) is 0 Å². The SMILES string of the molecule is COc1cc(OC)cc(C(NCc2ccc(C)o2)c2nccn2C)c1. The van der Waals surface area contributed by atoms with Crippen molar-refractivity contribution in [1.29, 1.82) is 0 Å². The molecule has 132 valence electrons. The van der Waals surface area contributed by atoms with Crippen LogP contribution < -0.4 is 14.8 Å². The summed E-state index contributed by atoms with van der Waals surface area (Å²) in [5.41, 5.74) is 1.01. The number of nitrogens with zero attached hydrogens (tertiary/aromatic N) is 2. The molecule has 25 heavy (non-hydrogen) atoms. The Bertz CT molecular complexity index is 816. The predicted octanol–water partition coefficient (Wildman–Crippen LogP) is 3.22. The van der Waals surface area contributed by atoms with Gasteiger partial charge in [0.05, 0.1) is 26.8 Å². The van der Waals surface area contributed by atoms with Gasteiger partial charge in [-0.2, -0.15) is 0 Å². The van der Waals surface area contributed by atoms with Crippen molar-refractivity contribution in [1.82, 2.24) is 14.9 Å². The van der Waals surface area contributed by atoms with E-state index < -0.39 is 0 Å². The van der Waals surface area contributed by atoms with Crippen molar-refractivity contribution in [3.05, 3.63) is 65.6 Å². The molecule has 6 heteroatoms. The molecule has 0 aliphatic rings. The van der Waals surface area contributed by atoms with E-state index in [-0.39, 0.29) is 6.04 Å². The molecule has 0 aliphatic carbocycles. The summed E-state index contributed by atoms with van der Waals surface area (Å²) < 4.78 is 18.5. The van der Waals surface area contributed by atoms with Crippen molar-refractivity contribution in [2.24, 2.45) is 7.05 Å². The first-order valence-corrected chi connectivity index (χ1v) is 8.09. The molecule has 2 heterocycles. The number of benzene rings is 1. The maximum Gasteiger partial charge on any atom is 0.130 e. The second-order valence-electron chi connectivity index (χ2n) is 5.87. The van der Waals surface area contributed by atoms with E-state index in [0.717, 1.165) is 34.4 Å². The number of hydrogen-bond acceptors (Lipinski definition) is 5. The standard InChI is InChI=1S/C19H23N3O3/c1-13-5-6-15(25-13)12-21-18(19-20-7-8-22(19)2)14-9-16(23-3)11-17(10-14)24-4/h5-11,18,21H,12H2,1-4H3. The van der Waals surface area contributed by atoms with Crippen LogP contribution in [-0.4, -0.2) is 23.8 Å². The minimum absolute atomic E-state index is 0.130. The number of aromatic nitrogens is 2. The molecule has 0 bridgehead atoms. The number of furan rings is 1. The van der Waals surface area contributed by atoms with Crippen molar-refractivity contribution in [2.75, 3.05) is 14.2 Å². The van der Waals surface area contributed by atoms with Crippen molar-refractivity contribution in [2.45, 2.75) is 19.5 Å². The molecule has 0 fully saturated rings. The lowest BCUT2D eigenvalue weighted by molar-refractivity contribution is 0.391. The zero-order valence-corrected chi connectivity index (χ0v) is 14.9. The Kier molecular flexibility index (Phi) is 5.09. The third-order valence-corrected chi connectivity index (χ3v) is 4.10. The van der Waals surface area contributed by atoms with Crippen LogP contribution in [0.25, 0.3) is 0 Å². The lowest BCUT2D eigenvalue weighted by Crippen LogP contribution is -2.24. The van der Waals surface area contributed by atoms with E-state index in [4.69, 9.17) is 13.9 Å². The first-order chi connectivity index (χ1) is 12.1. The highest BCUT2D eigenvalue weighted by Crippen LogP contribution is 2.29. The normalized spacial score (nSPS) is 12.2. The number of rotatable bonds is 7. The summed E-state index contributed by atoms with van der Waals surface area (Å²) >= 11 is 0. The lowest BCUT2D eigenvalue weighted by atomic mass is 10.0. The molecule has 0 radical (unpaired) electrons. The van der Waals surface area contributed by atoms with Crippen LogP contribution in [0.2, 0.25) is 0 Å². The fraction of sp³-hybridized carbons (Fsp3) is 0.316. The Hall–Kier alpha value is -2.73. The van der Waals surface area contributed by atoms with Gasteiger partial charge in [-0.05, 0) is 36.8 Å². The lowest BCUT2D eigenvalue weighted by Gasteiger charge is -2.20. The van der Waals surface area contributed by atoms with Gasteiger partial charge >= 0.3 is 0 Å².